The fourth-order valence-electron chi connectivity index (χ4n) is 2.97. The maximum atomic E-state index is 6.15. The van der Waals surface area contributed by atoms with Gasteiger partial charge in [0.1, 0.15) is 7.85 Å². The summed E-state index contributed by atoms with van der Waals surface area (Å²) in [6, 6.07) is 0. The number of ether oxygens (including phenoxy) is 1. The molecule has 1 aliphatic rings. The zero-order valence-electron chi connectivity index (χ0n) is 12.2. The van der Waals surface area contributed by atoms with E-state index < -0.39 is 5.50 Å². The topological polar surface area (TPSA) is 9.23 Å². The molecule has 2 heteroatoms. The van der Waals surface area contributed by atoms with Crippen LogP contribution in [0, 0.1) is 17.8 Å². The molecule has 98 valence electrons. The summed E-state index contributed by atoms with van der Waals surface area (Å²) in [5, 5.41) is 0. The average Bonchev–Trinajstić information content (AvgIpc) is 2.25. The molecule has 2 unspecified atom stereocenters. The quantitative estimate of drug-likeness (QED) is 0.666. The number of methoxy groups -OCH3 is 1. The van der Waals surface area contributed by atoms with E-state index in [-0.39, 0.29) is 0 Å². The van der Waals surface area contributed by atoms with Crippen LogP contribution in [0.2, 0.25) is 0 Å². The summed E-state index contributed by atoms with van der Waals surface area (Å²) in [4.78, 5) is 0. The standard InChI is InChI=1S/C15H29BO/c1-12-7-5-9-14(10-6-8-12)11-13(2)15(3,16)17-4/h12-14H,5-11H2,1-4H3. The van der Waals surface area contributed by atoms with Crippen LogP contribution < -0.4 is 0 Å². The highest BCUT2D eigenvalue weighted by atomic mass is 16.5. The van der Waals surface area contributed by atoms with Gasteiger partial charge in [0.15, 0.2) is 0 Å². The maximum Gasteiger partial charge on any atom is 0.113 e. The predicted molar refractivity (Wildman–Crippen MR) is 75.3 cm³/mol. The second-order valence-corrected chi connectivity index (χ2v) is 6.36. The normalized spacial score (nSPS) is 32.2. The first-order chi connectivity index (χ1) is 7.95. The molecule has 0 aromatic heterocycles. The average molecular weight is 236 g/mol. The van der Waals surface area contributed by atoms with Crippen molar-refractivity contribution in [2.45, 2.75) is 71.2 Å². The van der Waals surface area contributed by atoms with E-state index in [0.717, 1.165) is 11.8 Å². The molecule has 2 atom stereocenters. The largest absolute Gasteiger partial charge is 0.388 e. The van der Waals surface area contributed by atoms with E-state index in [9.17, 15) is 0 Å². The van der Waals surface area contributed by atoms with Crippen molar-refractivity contribution in [3.8, 4) is 0 Å². The molecular weight excluding hydrogens is 207 g/mol. The second kappa shape index (κ2) is 6.82. The van der Waals surface area contributed by atoms with E-state index >= 15 is 0 Å². The van der Waals surface area contributed by atoms with E-state index in [1.807, 2.05) is 6.92 Å². The summed E-state index contributed by atoms with van der Waals surface area (Å²) < 4.78 is 5.39. The third kappa shape index (κ3) is 5.03. The van der Waals surface area contributed by atoms with Crippen LogP contribution in [-0.2, 0) is 4.74 Å². The van der Waals surface area contributed by atoms with Crippen LogP contribution in [0.25, 0.3) is 0 Å². The van der Waals surface area contributed by atoms with E-state index in [2.05, 4.69) is 13.8 Å². The molecule has 1 rings (SSSR count). The van der Waals surface area contributed by atoms with Crippen LogP contribution in [0.4, 0.5) is 0 Å². The summed E-state index contributed by atoms with van der Waals surface area (Å²) in [6.07, 6.45) is 9.60. The molecule has 0 saturated heterocycles. The lowest BCUT2D eigenvalue weighted by atomic mass is 9.69. The van der Waals surface area contributed by atoms with Gasteiger partial charge >= 0.3 is 0 Å². The molecule has 1 nitrogen and oxygen atoms in total. The van der Waals surface area contributed by atoms with Gasteiger partial charge in [0.25, 0.3) is 0 Å². The molecule has 17 heavy (non-hydrogen) atoms. The summed E-state index contributed by atoms with van der Waals surface area (Å²) in [7, 11) is 7.87. The van der Waals surface area contributed by atoms with Crippen LogP contribution in [0.15, 0.2) is 0 Å². The van der Waals surface area contributed by atoms with Gasteiger partial charge in [-0.15, -0.1) is 0 Å². The Hall–Kier alpha value is 0.0249. The van der Waals surface area contributed by atoms with Crippen LogP contribution in [0.3, 0.4) is 0 Å². The smallest absolute Gasteiger partial charge is 0.113 e. The van der Waals surface area contributed by atoms with E-state index in [1.165, 1.54) is 44.9 Å². The van der Waals surface area contributed by atoms with Gasteiger partial charge in [-0.2, -0.15) is 0 Å². The Balaban J connectivity index is 2.40. The van der Waals surface area contributed by atoms with Gasteiger partial charge in [0, 0.05) is 12.6 Å². The summed E-state index contributed by atoms with van der Waals surface area (Å²) in [5.74, 6) is 2.23. The third-order valence-electron chi connectivity index (χ3n) is 4.72. The Morgan fingerprint density at radius 1 is 1.24 bits per heavy atom. The monoisotopic (exact) mass is 236 g/mol. The van der Waals surface area contributed by atoms with Gasteiger partial charge in [-0.1, -0.05) is 52.4 Å². The van der Waals surface area contributed by atoms with Crippen molar-refractivity contribution >= 4 is 7.85 Å². The fourth-order valence-corrected chi connectivity index (χ4v) is 2.97. The first-order valence-electron chi connectivity index (χ1n) is 7.29. The minimum absolute atomic E-state index is 0.439. The lowest BCUT2D eigenvalue weighted by Gasteiger charge is -2.34. The number of hydrogen-bond donors (Lipinski definition) is 0. The van der Waals surface area contributed by atoms with E-state index in [1.54, 1.807) is 7.11 Å². The maximum absolute atomic E-state index is 6.15. The van der Waals surface area contributed by atoms with E-state index in [0.29, 0.717) is 5.92 Å². The van der Waals surface area contributed by atoms with Gasteiger partial charge in [-0.05, 0) is 31.1 Å². The molecule has 0 N–H and O–H groups in total. The summed E-state index contributed by atoms with van der Waals surface area (Å²) in [5.41, 5.74) is -0.463. The highest BCUT2D eigenvalue weighted by Crippen LogP contribution is 2.32. The lowest BCUT2D eigenvalue weighted by Crippen LogP contribution is -2.36. The van der Waals surface area contributed by atoms with Gasteiger partial charge < -0.3 is 4.74 Å². The van der Waals surface area contributed by atoms with Gasteiger partial charge in [-0.25, -0.2) is 0 Å². The Morgan fingerprint density at radius 3 is 2.24 bits per heavy atom. The molecular formula is C15H29BO. The highest BCUT2D eigenvalue weighted by Gasteiger charge is 2.27. The third-order valence-corrected chi connectivity index (χ3v) is 4.72. The molecule has 0 bridgehead atoms. The molecule has 1 fully saturated rings. The molecule has 0 aliphatic heterocycles. The Bertz CT molecular complexity index is 205. The molecule has 0 aromatic rings. The molecule has 1 saturated carbocycles. The number of hydrogen-bond acceptors (Lipinski definition) is 1. The molecule has 0 heterocycles. The molecule has 0 spiro atoms. The van der Waals surface area contributed by atoms with Gasteiger partial charge in [0.05, 0.1) is 0 Å². The summed E-state index contributed by atoms with van der Waals surface area (Å²) in [6.45, 7) is 6.62. The molecule has 0 aromatic carbocycles. The Kier molecular flexibility index (Phi) is 6.05. The van der Waals surface area contributed by atoms with Crippen molar-refractivity contribution in [2.24, 2.45) is 17.8 Å². The molecule has 1 aliphatic carbocycles. The SMILES string of the molecule is [B]C(C)(OC)C(C)CC1CCCC(C)CCC1. The minimum Gasteiger partial charge on any atom is -0.388 e. The van der Waals surface area contributed by atoms with Crippen molar-refractivity contribution in [3.63, 3.8) is 0 Å². The van der Waals surface area contributed by atoms with E-state index in [4.69, 9.17) is 12.6 Å². The van der Waals surface area contributed by atoms with Crippen molar-refractivity contribution in [3.05, 3.63) is 0 Å². The fraction of sp³-hybridized carbons (Fsp3) is 1.00. The highest BCUT2D eigenvalue weighted by molar-refractivity contribution is 6.14. The van der Waals surface area contributed by atoms with Crippen molar-refractivity contribution in [1.82, 2.24) is 0 Å². The van der Waals surface area contributed by atoms with Gasteiger partial charge in [-0.3, -0.25) is 0 Å². The predicted octanol–water partition coefficient (Wildman–Crippen LogP) is 4.15. The van der Waals surface area contributed by atoms with Crippen molar-refractivity contribution < 1.29 is 4.74 Å². The van der Waals surface area contributed by atoms with Crippen LogP contribution in [0.1, 0.15) is 65.7 Å². The zero-order valence-corrected chi connectivity index (χ0v) is 12.2. The van der Waals surface area contributed by atoms with Crippen LogP contribution in [0.5, 0.6) is 0 Å². The van der Waals surface area contributed by atoms with Gasteiger partial charge in [0.2, 0.25) is 0 Å². The van der Waals surface area contributed by atoms with Crippen LogP contribution >= 0.6 is 0 Å². The first kappa shape index (κ1) is 15.1. The molecule has 2 radical (unpaired) electrons. The minimum atomic E-state index is -0.463. The lowest BCUT2D eigenvalue weighted by molar-refractivity contribution is 0.0231. The Labute approximate surface area is 109 Å². The second-order valence-electron chi connectivity index (χ2n) is 6.36. The Morgan fingerprint density at radius 2 is 1.76 bits per heavy atom. The molecule has 0 amide bonds. The summed E-state index contributed by atoms with van der Waals surface area (Å²) >= 11 is 0. The number of rotatable bonds is 4. The first-order valence-corrected chi connectivity index (χ1v) is 7.29. The van der Waals surface area contributed by atoms with Crippen molar-refractivity contribution in [1.29, 1.82) is 0 Å². The van der Waals surface area contributed by atoms with Crippen LogP contribution in [-0.4, -0.2) is 20.5 Å². The van der Waals surface area contributed by atoms with Crippen molar-refractivity contribution in [2.75, 3.05) is 7.11 Å². The zero-order chi connectivity index (χ0) is 12.9.